The Labute approximate surface area is 122 Å². The summed E-state index contributed by atoms with van der Waals surface area (Å²) in [7, 11) is 0. The average Bonchev–Trinajstić information content (AvgIpc) is 2.45. The van der Waals surface area contributed by atoms with Crippen molar-refractivity contribution < 1.29 is 24.2 Å². The molecule has 0 bridgehead atoms. The van der Waals surface area contributed by atoms with Gasteiger partial charge in [-0.3, -0.25) is 14.4 Å². The molecule has 0 aliphatic rings. The first-order chi connectivity index (χ1) is 9.93. The van der Waals surface area contributed by atoms with Crippen LogP contribution in [0.25, 0.3) is 0 Å². The Bertz CT molecular complexity index is 513. The molecule has 0 aromatic heterocycles. The zero-order chi connectivity index (χ0) is 15.8. The number of hydrogen-bond donors (Lipinski definition) is 3. The van der Waals surface area contributed by atoms with Gasteiger partial charge in [0.2, 0.25) is 5.91 Å². The summed E-state index contributed by atoms with van der Waals surface area (Å²) in [6.07, 6.45) is 0. The summed E-state index contributed by atoms with van der Waals surface area (Å²) >= 11 is 0. The maximum Gasteiger partial charge on any atom is 0.325 e. The minimum atomic E-state index is -1.14. The van der Waals surface area contributed by atoms with Crippen molar-refractivity contribution in [2.24, 2.45) is 0 Å². The number of hydrogen-bond acceptors (Lipinski definition) is 4. The second kappa shape index (κ2) is 7.88. The Balaban J connectivity index is 2.46. The second-order valence-electron chi connectivity index (χ2n) is 4.27. The molecule has 21 heavy (non-hydrogen) atoms. The number of benzene rings is 1. The number of amides is 2. The molecule has 0 saturated carbocycles. The Kier molecular flexibility index (Phi) is 6.19. The van der Waals surface area contributed by atoms with Gasteiger partial charge in [-0.15, -0.1) is 0 Å². The van der Waals surface area contributed by atoms with Gasteiger partial charge in [-0.05, 0) is 38.1 Å². The summed E-state index contributed by atoms with van der Waals surface area (Å²) in [5.74, 6) is -1.47. The Morgan fingerprint density at radius 2 is 1.86 bits per heavy atom. The van der Waals surface area contributed by atoms with Gasteiger partial charge in [-0.25, -0.2) is 0 Å². The van der Waals surface area contributed by atoms with Crippen LogP contribution in [-0.2, 0) is 9.59 Å². The van der Waals surface area contributed by atoms with Crippen molar-refractivity contribution in [3.05, 3.63) is 29.8 Å². The molecule has 3 N–H and O–H groups in total. The molecule has 2 amide bonds. The first-order valence-corrected chi connectivity index (χ1v) is 6.47. The van der Waals surface area contributed by atoms with Crippen molar-refractivity contribution in [1.29, 1.82) is 0 Å². The highest BCUT2D eigenvalue weighted by Crippen LogP contribution is 2.11. The molecule has 1 rings (SSSR count). The highest BCUT2D eigenvalue weighted by molar-refractivity contribution is 5.96. The van der Waals surface area contributed by atoms with E-state index in [1.165, 1.54) is 6.92 Å². The van der Waals surface area contributed by atoms with Crippen molar-refractivity contribution in [1.82, 2.24) is 10.6 Å². The number of carbonyl (C=O) groups excluding carboxylic acids is 2. The molecule has 1 aromatic carbocycles. The fourth-order valence-electron chi connectivity index (χ4n) is 1.49. The number of rotatable bonds is 7. The van der Waals surface area contributed by atoms with Gasteiger partial charge in [0, 0.05) is 5.56 Å². The van der Waals surface area contributed by atoms with E-state index in [0.717, 1.165) is 0 Å². The molecule has 0 unspecified atom stereocenters. The van der Waals surface area contributed by atoms with E-state index in [0.29, 0.717) is 17.9 Å². The predicted octanol–water partition coefficient (Wildman–Crippen LogP) is 0.404. The lowest BCUT2D eigenvalue weighted by atomic mass is 10.2. The van der Waals surface area contributed by atoms with E-state index in [1.807, 2.05) is 6.92 Å². The van der Waals surface area contributed by atoms with Crippen LogP contribution in [0.3, 0.4) is 0 Å². The number of ether oxygens (including phenoxy) is 1. The summed E-state index contributed by atoms with van der Waals surface area (Å²) in [4.78, 5) is 33.8. The van der Waals surface area contributed by atoms with Crippen molar-refractivity contribution in [3.8, 4) is 5.75 Å². The van der Waals surface area contributed by atoms with Crippen molar-refractivity contribution in [2.75, 3.05) is 13.2 Å². The largest absolute Gasteiger partial charge is 0.494 e. The maximum atomic E-state index is 11.8. The third-order valence-corrected chi connectivity index (χ3v) is 2.58. The van der Waals surface area contributed by atoms with Gasteiger partial charge in [-0.2, -0.15) is 0 Å². The quantitative estimate of drug-likeness (QED) is 0.675. The van der Waals surface area contributed by atoms with Crippen LogP contribution in [0.2, 0.25) is 0 Å². The van der Waals surface area contributed by atoms with Crippen molar-refractivity contribution >= 4 is 17.8 Å². The first-order valence-electron chi connectivity index (χ1n) is 6.47. The molecule has 0 aliphatic carbocycles. The van der Waals surface area contributed by atoms with Crippen LogP contribution >= 0.6 is 0 Å². The highest BCUT2D eigenvalue weighted by Gasteiger charge is 2.14. The van der Waals surface area contributed by atoms with Gasteiger partial charge in [0.15, 0.2) is 0 Å². The molecule has 0 fully saturated rings. The molecule has 0 spiro atoms. The van der Waals surface area contributed by atoms with Gasteiger partial charge >= 0.3 is 5.97 Å². The monoisotopic (exact) mass is 294 g/mol. The van der Waals surface area contributed by atoms with E-state index in [2.05, 4.69) is 10.6 Å². The van der Waals surface area contributed by atoms with Crippen LogP contribution in [0.4, 0.5) is 0 Å². The SMILES string of the molecule is CCOc1ccc(C(=O)NCC(=O)N[C@@H](C)C(=O)O)cc1. The van der Waals surface area contributed by atoms with E-state index >= 15 is 0 Å². The number of carboxylic acids is 1. The molecular weight excluding hydrogens is 276 g/mol. The lowest BCUT2D eigenvalue weighted by molar-refractivity contribution is -0.141. The minimum Gasteiger partial charge on any atom is -0.494 e. The summed E-state index contributed by atoms with van der Waals surface area (Å²) in [6.45, 7) is 3.45. The second-order valence-corrected chi connectivity index (χ2v) is 4.27. The molecule has 0 heterocycles. The summed E-state index contributed by atoms with van der Waals surface area (Å²) < 4.78 is 5.25. The van der Waals surface area contributed by atoms with E-state index in [9.17, 15) is 14.4 Å². The van der Waals surface area contributed by atoms with Gasteiger partial charge in [0.25, 0.3) is 5.91 Å². The van der Waals surface area contributed by atoms with Crippen LogP contribution in [0.15, 0.2) is 24.3 Å². The summed E-state index contributed by atoms with van der Waals surface area (Å²) in [5.41, 5.74) is 0.387. The topological polar surface area (TPSA) is 105 Å². The number of carbonyl (C=O) groups is 3. The van der Waals surface area contributed by atoms with Crippen molar-refractivity contribution in [3.63, 3.8) is 0 Å². The fourth-order valence-corrected chi connectivity index (χ4v) is 1.49. The lowest BCUT2D eigenvalue weighted by Gasteiger charge is -2.10. The van der Waals surface area contributed by atoms with Crippen LogP contribution in [0, 0.1) is 0 Å². The van der Waals surface area contributed by atoms with Crippen LogP contribution < -0.4 is 15.4 Å². The third kappa shape index (κ3) is 5.52. The smallest absolute Gasteiger partial charge is 0.325 e. The van der Waals surface area contributed by atoms with Gasteiger partial charge in [0.05, 0.1) is 13.2 Å². The molecule has 0 aliphatic heterocycles. The highest BCUT2D eigenvalue weighted by atomic mass is 16.5. The minimum absolute atomic E-state index is 0.288. The fraction of sp³-hybridized carbons (Fsp3) is 0.357. The number of carboxylic acid groups (broad SMARTS) is 1. The van der Waals surface area contributed by atoms with Gasteiger partial charge in [0.1, 0.15) is 11.8 Å². The van der Waals surface area contributed by atoms with Crippen LogP contribution in [0.5, 0.6) is 5.75 Å². The standard InChI is InChI=1S/C14H18N2O5/c1-3-21-11-6-4-10(5-7-11)13(18)15-8-12(17)16-9(2)14(19)20/h4-7,9H,3,8H2,1-2H3,(H,15,18)(H,16,17)(H,19,20)/t9-/m0/s1. The lowest BCUT2D eigenvalue weighted by Crippen LogP contribution is -2.43. The maximum absolute atomic E-state index is 11.8. The molecule has 0 radical (unpaired) electrons. The Morgan fingerprint density at radius 1 is 1.24 bits per heavy atom. The Hall–Kier alpha value is -2.57. The summed E-state index contributed by atoms with van der Waals surface area (Å²) in [5, 5.41) is 13.3. The predicted molar refractivity (Wildman–Crippen MR) is 75.2 cm³/mol. The van der Waals surface area contributed by atoms with Crippen LogP contribution in [0.1, 0.15) is 24.2 Å². The zero-order valence-electron chi connectivity index (χ0n) is 11.9. The van der Waals surface area contributed by atoms with Gasteiger partial charge < -0.3 is 20.5 Å². The number of aliphatic carboxylic acids is 1. The number of nitrogens with one attached hydrogen (secondary N) is 2. The first kappa shape index (κ1) is 16.5. The van der Waals surface area contributed by atoms with E-state index in [-0.39, 0.29) is 6.54 Å². The van der Waals surface area contributed by atoms with E-state index in [1.54, 1.807) is 24.3 Å². The Morgan fingerprint density at radius 3 is 2.38 bits per heavy atom. The van der Waals surface area contributed by atoms with E-state index in [4.69, 9.17) is 9.84 Å². The zero-order valence-corrected chi connectivity index (χ0v) is 11.9. The van der Waals surface area contributed by atoms with Crippen LogP contribution in [-0.4, -0.2) is 42.1 Å². The normalized spacial score (nSPS) is 11.3. The molecule has 1 atom stereocenters. The van der Waals surface area contributed by atoms with Crippen molar-refractivity contribution in [2.45, 2.75) is 19.9 Å². The third-order valence-electron chi connectivity index (χ3n) is 2.58. The molecule has 0 saturated heterocycles. The molecule has 7 nitrogen and oxygen atoms in total. The molecule has 1 aromatic rings. The average molecular weight is 294 g/mol. The van der Waals surface area contributed by atoms with Gasteiger partial charge in [-0.1, -0.05) is 0 Å². The molecular formula is C14H18N2O5. The molecule has 7 heteroatoms. The molecule has 114 valence electrons. The summed E-state index contributed by atoms with van der Waals surface area (Å²) in [6, 6.07) is 5.48. The van der Waals surface area contributed by atoms with E-state index < -0.39 is 23.8 Å².